The van der Waals surface area contributed by atoms with Crippen molar-refractivity contribution in [1.82, 2.24) is 9.80 Å². The van der Waals surface area contributed by atoms with Crippen LogP contribution in [0.4, 0.5) is 0 Å². The van der Waals surface area contributed by atoms with Gasteiger partial charge in [0.05, 0.1) is 6.04 Å². The second-order valence-electron chi connectivity index (χ2n) is 8.83. The summed E-state index contributed by atoms with van der Waals surface area (Å²) in [6.07, 6.45) is 3.20. The van der Waals surface area contributed by atoms with E-state index in [1.54, 1.807) is 0 Å². The normalized spacial score (nSPS) is 23.0. The molecule has 3 aromatic rings. The maximum absolute atomic E-state index is 13.5. The molecule has 0 bridgehead atoms. The van der Waals surface area contributed by atoms with Gasteiger partial charge in [0, 0.05) is 19.1 Å². The number of likely N-dealkylation sites (tertiary alicyclic amines) is 2. The highest BCUT2D eigenvalue weighted by atomic mass is 16.2. The van der Waals surface area contributed by atoms with Crippen LogP contribution < -0.4 is 0 Å². The molecule has 0 radical (unpaired) electrons. The average Bonchev–Trinajstić information content (AvgIpc) is 3.23. The van der Waals surface area contributed by atoms with Gasteiger partial charge in [-0.3, -0.25) is 9.69 Å². The van der Waals surface area contributed by atoms with E-state index in [-0.39, 0.29) is 12.1 Å². The van der Waals surface area contributed by atoms with Crippen molar-refractivity contribution in [2.45, 2.75) is 38.3 Å². The standard InChI is InChI=1S/C27H30N2O/c1-20(24-13-7-11-22-10-5-6-12-25(22)24)29-19-16-23-15-18-28(27(30)26(23)29)17-14-21-8-3-2-4-9-21/h2-13,20,23,26H,14-19H2,1H3/t20-,23+,26-/m0/s1. The van der Waals surface area contributed by atoms with Crippen LogP contribution in [0, 0.1) is 5.92 Å². The fraction of sp³-hybridized carbons (Fsp3) is 0.370. The lowest BCUT2D eigenvalue weighted by molar-refractivity contribution is -0.141. The molecule has 0 spiro atoms. The summed E-state index contributed by atoms with van der Waals surface area (Å²) in [7, 11) is 0. The van der Waals surface area contributed by atoms with Gasteiger partial charge in [-0.05, 0) is 60.5 Å². The second-order valence-corrected chi connectivity index (χ2v) is 8.83. The fourth-order valence-corrected chi connectivity index (χ4v) is 5.51. The number of fused-ring (bicyclic) bond motifs is 2. The Morgan fingerprint density at radius 2 is 1.63 bits per heavy atom. The molecule has 0 N–H and O–H groups in total. The summed E-state index contributed by atoms with van der Waals surface area (Å²) in [5, 5.41) is 2.58. The number of nitrogens with zero attached hydrogens (tertiary/aromatic N) is 2. The first kappa shape index (κ1) is 19.3. The molecular formula is C27H30N2O. The van der Waals surface area contributed by atoms with E-state index >= 15 is 0 Å². The van der Waals surface area contributed by atoms with E-state index in [4.69, 9.17) is 0 Å². The lowest BCUT2D eigenvalue weighted by Crippen LogP contribution is -2.53. The van der Waals surface area contributed by atoms with Gasteiger partial charge in [-0.25, -0.2) is 0 Å². The minimum Gasteiger partial charge on any atom is -0.341 e. The van der Waals surface area contributed by atoms with E-state index < -0.39 is 0 Å². The molecule has 3 atom stereocenters. The van der Waals surface area contributed by atoms with Gasteiger partial charge >= 0.3 is 0 Å². The predicted molar refractivity (Wildman–Crippen MR) is 122 cm³/mol. The first-order chi connectivity index (χ1) is 14.7. The molecule has 3 aromatic carbocycles. The molecule has 0 aromatic heterocycles. The summed E-state index contributed by atoms with van der Waals surface area (Å²) < 4.78 is 0. The van der Waals surface area contributed by atoms with Crippen molar-refractivity contribution in [2.75, 3.05) is 19.6 Å². The number of piperidine rings is 1. The van der Waals surface area contributed by atoms with Crippen LogP contribution in [0.1, 0.15) is 36.9 Å². The number of rotatable bonds is 5. The highest BCUT2D eigenvalue weighted by Gasteiger charge is 2.45. The predicted octanol–water partition coefficient (Wildman–Crippen LogP) is 5.07. The van der Waals surface area contributed by atoms with Crippen LogP contribution in [0.15, 0.2) is 72.8 Å². The second kappa shape index (κ2) is 8.23. The van der Waals surface area contributed by atoms with Gasteiger partial charge < -0.3 is 4.90 Å². The number of carbonyl (C=O) groups excluding carboxylic acids is 1. The van der Waals surface area contributed by atoms with Crippen molar-refractivity contribution in [1.29, 1.82) is 0 Å². The third-order valence-electron chi connectivity index (χ3n) is 7.18. The Labute approximate surface area is 179 Å². The summed E-state index contributed by atoms with van der Waals surface area (Å²) in [5.74, 6) is 0.842. The minimum absolute atomic E-state index is 0.0310. The Balaban J connectivity index is 1.36. The highest BCUT2D eigenvalue weighted by molar-refractivity contribution is 5.87. The number of amides is 1. The Morgan fingerprint density at radius 1 is 0.900 bits per heavy atom. The lowest BCUT2D eigenvalue weighted by atomic mass is 9.90. The van der Waals surface area contributed by atoms with Gasteiger partial charge in [0.15, 0.2) is 0 Å². The Kier molecular flexibility index (Phi) is 5.30. The van der Waals surface area contributed by atoms with Crippen molar-refractivity contribution in [3.05, 3.63) is 83.9 Å². The van der Waals surface area contributed by atoms with Gasteiger partial charge in [0.25, 0.3) is 0 Å². The van der Waals surface area contributed by atoms with Crippen LogP contribution in [0.2, 0.25) is 0 Å². The summed E-state index contributed by atoms with van der Waals surface area (Å²) in [6.45, 7) is 5.02. The molecule has 3 nitrogen and oxygen atoms in total. The molecule has 2 heterocycles. The van der Waals surface area contributed by atoms with Gasteiger partial charge in [0.2, 0.25) is 5.91 Å². The molecule has 0 aliphatic carbocycles. The van der Waals surface area contributed by atoms with Crippen molar-refractivity contribution in [3.63, 3.8) is 0 Å². The number of benzene rings is 3. The topological polar surface area (TPSA) is 23.6 Å². The molecule has 5 rings (SSSR count). The van der Waals surface area contributed by atoms with E-state index in [2.05, 4.69) is 83.5 Å². The molecular weight excluding hydrogens is 368 g/mol. The molecule has 3 heteroatoms. The highest BCUT2D eigenvalue weighted by Crippen LogP contribution is 2.39. The minimum atomic E-state index is 0.0310. The zero-order valence-electron chi connectivity index (χ0n) is 17.7. The Bertz CT molecular complexity index is 1030. The van der Waals surface area contributed by atoms with Gasteiger partial charge in [-0.2, -0.15) is 0 Å². The lowest BCUT2D eigenvalue weighted by Gasteiger charge is -2.40. The van der Waals surface area contributed by atoms with Crippen molar-refractivity contribution in [3.8, 4) is 0 Å². The largest absolute Gasteiger partial charge is 0.341 e. The maximum atomic E-state index is 13.5. The third kappa shape index (κ3) is 3.52. The van der Waals surface area contributed by atoms with Crippen LogP contribution in [0.3, 0.4) is 0 Å². The van der Waals surface area contributed by atoms with E-state index in [9.17, 15) is 4.79 Å². The first-order valence-electron chi connectivity index (χ1n) is 11.3. The summed E-state index contributed by atoms with van der Waals surface area (Å²) >= 11 is 0. The Hall–Kier alpha value is -2.65. The van der Waals surface area contributed by atoms with E-state index in [0.717, 1.165) is 38.9 Å². The van der Waals surface area contributed by atoms with Crippen LogP contribution in [0.5, 0.6) is 0 Å². The molecule has 30 heavy (non-hydrogen) atoms. The quantitative estimate of drug-likeness (QED) is 0.599. The molecule has 2 fully saturated rings. The van der Waals surface area contributed by atoms with Crippen LogP contribution in [0.25, 0.3) is 10.8 Å². The summed E-state index contributed by atoms with van der Waals surface area (Å²) in [4.78, 5) is 18.1. The SMILES string of the molecule is C[C@@H](c1cccc2ccccc12)N1CC[C@H]2CCN(CCc3ccccc3)C(=O)[C@H]21. The van der Waals surface area contributed by atoms with E-state index in [1.807, 2.05) is 6.07 Å². The maximum Gasteiger partial charge on any atom is 0.240 e. The number of carbonyl (C=O) groups is 1. The van der Waals surface area contributed by atoms with Crippen LogP contribution in [-0.2, 0) is 11.2 Å². The first-order valence-corrected chi connectivity index (χ1v) is 11.3. The molecule has 2 aliphatic rings. The smallest absolute Gasteiger partial charge is 0.240 e. The number of hydrogen-bond acceptors (Lipinski definition) is 2. The summed E-state index contributed by atoms with van der Waals surface area (Å²) in [5.41, 5.74) is 2.64. The van der Waals surface area contributed by atoms with Crippen molar-refractivity contribution < 1.29 is 4.79 Å². The van der Waals surface area contributed by atoms with E-state index in [1.165, 1.54) is 21.9 Å². The molecule has 0 saturated carbocycles. The fourth-order valence-electron chi connectivity index (χ4n) is 5.51. The van der Waals surface area contributed by atoms with E-state index in [0.29, 0.717) is 11.8 Å². The number of hydrogen-bond donors (Lipinski definition) is 0. The monoisotopic (exact) mass is 398 g/mol. The van der Waals surface area contributed by atoms with Gasteiger partial charge in [-0.15, -0.1) is 0 Å². The van der Waals surface area contributed by atoms with Crippen molar-refractivity contribution in [2.24, 2.45) is 5.92 Å². The van der Waals surface area contributed by atoms with Gasteiger partial charge in [0.1, 0.15) is 0 Å². The van der Waals surface area contributed by atoms with Gasteiger partial charge in [-0.1, -0.05) is 72.8 Å². The molecule has 0 unspecified atom stereocenters. The average molecular weight is 399 g/mol. The van der Waals surface area contributed by atoms with Crippen LogP contribution >= 0.6 is 0 Å². The molecule has 2 saturated heterocycles. The third-order valence-corrected chi connectivity index (χ3v) is 7.18. The zero-order chi connectivity index (χ0) is 20.5. The van der Waals surface area contributed by atoms with Crippen molar-refractivity contribution >= 4 is 16.7 Å². The molecule has 1 amide bonds. The molecule has 154 valence electrons. The summed E-state index contributed by atoms with van der Waals surface area (Å²) in [6, 6.07) is 25.9. The molecule has 2 aliphatic heterocycles. The van der Waals surface area contributed by atoms with Crippen LogP contribution in [-0.4, -0.2) is 41.4 Å². The Morgan fingerprint density at radius 3 is 2.50 bits per heavy atom. The zero-order valence-corrected chi connectivity index (χ0v) is 17.7.